The molecule has 0 aromatic heterocycles. The van der Waals surface area contributed by atoms with E-state index in [4.69, 9.17) is 10.5 Å². The number of carbonyl (C=O) groups excluding carboxylic acids is 1. The Hall–Kier alpha value is -1.26. The Balaban J connectivity index is 0.00000147. The molecule has 1 saturated carbocycles. The van der Waals surface area contributed by atoms with E-state index < -0.39 is 0 Å². The molecular formula is C15H21ClN2O2. The molecule has 4 nitrogen and oxygen atoms in total. The molecule has 1 aromatic rings. The lowest BCUT2D eigenvalue weighted by Crippen LogP contribution is -2.36. The molecule has 0 radical (unpaired) electrons. The van der Waals surface area contributed by atoms with Gasteiger partial charge in [0.15, 0.2) is 6.61 Å². The lowest BCUT2D eigenvalue weighted by molar-refractivity contribution is -0.132. The minimum atomic E-state index is 0. The van der Waals surface area contributed by atoms with E-state index in [0.717, 1.165) is 31.7 Å². The fourth-order valence-electron chi connectivity index (χ4n) is 3.26. The van der Waals surface area contributed by atoms with Crippen LogP contribution in [-0.4, -0.2) is 36.5 Å². The first-order valence-electron chi connectivity index (χ1n) is 6.95. The van der Waals surface area contributed by atoms with Gasteiger partial charge in [-0.15, -0.1) is 12.4 Å². The first-order chi connectivity index (χ1) is 9.24. The van der Waals surface area contributed by atoms with Gasteiger partial charge in [-0.25, -0.2) is 0 Å². The highest BCUT2D eigenvalue weighted by Crippen LogP contribution is 2.37. The molecule has 0 spiro atoms. The van der Waals surface area contributed by atoms with Crippen LogP contribution in [-0.2, 0) is 4.79 Å². The molecule has 1 saturated heterocycles. The summed E-state index contributed by atoms with van der Waals surface area (Å²) in [7, 11) is 0. The largest absolute Gasteiger partial charge is 0.484 e. The van der Waals surface area contributed by atoms with Crippen LogP contribution in [0.2, 0.25) is 0 Å². The van der Waals surface area contributed by atoms with Crippen LogP contribution < -0.4 is 10.5 Å². The minimum absolute atomic E-state index is 0. The van der Waals surface area contributed by atoms with Crippen molar-refractivity contribution in [2.45, 2.75) is 18.9 Å². The zero-order valence-corrected chi connectivity index (χ0v) is 12.2. The molecule has 1 heterocycles. The molecule has 5 heteroatoms. The molecule has 1 aromatic carbocycles. The number of likely N-dealkylation sites (tertiary alicyclic amines) is 1. The number of ether oxygens (including phenoxy) is 1. The van der Waals surface area contributed by atoms with Crippen LogP contribution in [0.1, 0.15) is 12.8 Å². The van der Waals surface area contributed by atoms with Crippen molar-refractivity contribution in [2.24, 2.45) is 17.6 Å². The van der Waals surface area contributed by atoms with Crippen LogP contribution in [0.25, 0.3) is 0 Å². The third-order valence-electron chi connectivity index (χ3n) is 4.37. The first kappa shape index (κ1) is 15.1. The van der Waals surface area contributed by atoms with Gasteiger partial charge in [0, 0.05) is 19.1 Å². The summed E-state index contributed by atoms with van der Waals surface area (Å²) in [6.45, 7) is 1.79. The number of benzene rings is 1. The summed E-state index contributed by atoms with van der Waals surface area (Å²) in [6.07, 6.45) is 2.27. The predicted molar refractivity (Wildman–Crippen MR) is 80.0 cm³/mol. The highest BCUT2D eigenvalue weighted by molar-refractivity contribution is 5.85. The van der Waals surface area contributed by atoms with Gasteiger partial charge in [-0.05, 0) is 36.8 Å². The van der Waals surface area contributed by atoms with Crippen LogP contribution in [0, 0.1) is 11.8 Å². The van der Waals surface area contributed by atoms with Gasteiger partial charge in [0.05, 0.1) is 0 Å². The summed E-state index contributed by atoms with van der Waals surface area (Å²) >= 11 is 0. The number of halogens is 1. The molecule has 0 bridgehead atoms. The molecule has 2 aliphatic rings. The van der Waals surface area contributed by atoms with Gasteiger partial charge in [-0.3, -0.25) is 4.79 Å². The van der Waals surface area contributed by atoms with Gasteiger partial charge >= 0.3 is 0 Å². The first-order valence-corrected chi connectivity index (χ1v) is 6.95. The molecular weight excluding hydrogens is 276 g/mol. The summed E-state index contributed by atoms with van der Waals surface area (Å²) in [5.41, 5.74) is 6.08. The second kappa shape index (κ2) is 6.46. The second-order valence-corrected chi connectivity index (χ2v) is 5.57. The van der Waals surface area contributed by atoms with E-state index in [-0.39, 0.29) is 31.0 Å². The van der Waals surface area contributed by atoms with E-state index >= 15 is 0 Å². The van der Waals surface area contributed by atoms with E-state index in [1.165, 1.54) is 0 Å². The van der Waals surface area contributed by atoms with Crippen molar-refractivity contribution in [3.63, 3.8) is 0 Å². The number of fused-ring (bicyclic) bond motifs is 1. The quantitative estimate of drug-likeness (QED) is 0.923. The molecule has 3 unspecified atom stereocenters. The molecule has 2 N–H and O–H groups in total. The fraction of sp³-hybridized carbons (Fsp3) is 0.533. The Labute approximate surface area is 125 Å². The summed E-state index contributed by atoms with van der Waals surface area (Å²) in [4.78, 5) is 14.0. The smallest absolute Gasteiger partial charge is 0.260 e. The van der Waals surface area contributed by atoms with Crippen molar-refractivity contribution < 1.29 is 9.53 Å². The van der Waals surface area contributed by atoms with E-state index in [0.29, 0.717) is 11.8 Å². The number of nitrogens with zero attached hydrogens (tertiary/aromatic N) is 1. The van der Waals surface area contributed by atoms with Gasteiger partial charge in [-0.1, -0.05) is 18.2 Å². The van der Waals surface area contributed by atoms with E-state index in [1.807, 2.05) is 35.2 Å². The number of hydrogen-bond acceptors (Lipinski definition) is 3. The molecule has 110 valence electrons. The molecule has 1 amide bonds. The van der Waals surface area contributed by atoms with Crippen molar-refractivity contribution in [1.29, 1.82) is 0 Å². The number of amides is 1. The Bertz CT molecular complexity index is 454. The van der Waals surface area contributed by atoms with Gasteiger partial charge in [0.2, 0.25) is 0 Å². The van der Waals surface area contributed by atoms with Crippen LogP contribution in [0.15, 0.2) is 30.3 Å². The average Bonchev–Trinajstić information content (AvgIpc) is 3.00. The maximum atomic E-state index is 12.1. The standard InChI is InChI=1S/C15H20N2O2.ClH/c16-14-7-6-11-8-17(9-13(11)14)15(18)10-19-12-4-2-1-3-5-12;/h1-5,11,13-14H,6-10,16H2;1H. The Morgan fingerprint density at radius 1 is 1.25 bits per heavy atom. The van der Waals surface area contributed by atoms with Crippen LogP contribution in [0.5, 0.6) is 5.75 Å². The lowest BCUT2D eigenvalue weighted by atomic mass is 9.98. The Kier molecular flexibility index (Phi) is 4.89. The monoisotopic (exact) mass is 296 g/mol. The fourth-order valence-corrected chi connectivity index (χ4v) is 3.26. The predicted octanol–water partition coefficient (Wildman–Crippen LogP) is 1.68. The normalized spacial score (nSPS) is 27.9. The van der Waals surface area contributed by atoms with Crippen LogP contribution in [0.4, 0.5) is 0 Å². The highest BCUT2D eigenvalue weighted by Gasteiger charge is 2.42. The van der Waals surface area contributed by atoms with Crippen molar-refractivity contribution in [1.82, 2.24) is 4.90 Å². The summed E-state index contributed by atoms with van der Waals surface area (Å²) in [5, 5.41) is 0. The maximum Gasteiger partial charge on any atom is 0.260 e. The summed E-state index contributed by atoms with van der Waals surface area (Å²) in [6, 6.07) is 9.73. The third kappa shape index (κ3) is 3.07. The van der Waals surface area contributed by atoms with Crippen molar-refractivity contribution in [3.8, 4) is 5.75 Å². The van der Waals surface area contributed by atoms with E-state index in [9.17, 15) is 4.79 Å². The van der Waals surface area contributed by atoms with Gasteiger partial charge in [0.1, 0.15) is 5.75 Å². The second-order valence-electron chi connectivity index (χ2n) is 5.57. The Morgan fingerprint density at radius 3 is 2.70 bits per heavy atom. The average molecular weight is 297 g/mol. The van der Waals surface area contributed by atoms with Crippen molar-refractivity contribution in [2.75, 3.05) is 19.7 Å². The van der Waals surface area contributed by atoms with E-state index in [1.54, 1.807) is 0 Å². The molecule has 1 aliphatic carbocycles. The van der Waals surface area contributed by atoms with Gasteiger partial charge in [-0.2, -0.15) is 0 Å². The van der Waals surface area contributed by atoms with Crippen LogP contribution in [0.3, 0.4) is 0 Å². The molecule has 3 atom stereocenters. The molecule has 2 fully saturated rings. The maximum absolute atomic E-state index is 12.1. The Morgan fingerprint density at radius 2 is 2.00 bits per heavy atom. The van der Waals surface area contributed by atoms with Gasteiger partial charge < -0.3 is 15.4 Å². The number of nitrogens with two attached hydrogens (primary N) is 1. The number of rotatable bonds is 3. The number of hydrogen-bond donors (Lipinski definition) is 1. The number of carbonyl (C=O) groups is 1. The molecule has 20 heavy (non-hydrogen) atoms. The SMILES string of the molecule is Cl.NC1CCC2CN(C(=O)COc3ccccc3)CC12. The minimum Gasteiger partial charge on any atom is -0.484 e. The van der Waals surface area contributed by atoms with Gasteiger partial charge in [0.25, 0.3) is 5.91 Å². The number of para-hydroxylation sites is 1. The summed E-state index contributed by atoms with van der Waals surface area (Å²) < 4.78 is 5.51. The zero-order chi connectivity index (χ0) is 13.2. The topological polar surface area (TPSA) is 55.6 Å². The van der Waals surface area contributed by atoms with Crippen LogP contribution >= 0.6 is 12.4 Å². The van der Waals surface area contributed by atoms with Crippen molar-refractivity contribution in [3.05, 3.63) is 30.3 Å². The molecule has 3 rings (SSSR count). The van der Waals surface area contributed by atoms with Crippen molar-refractivity contribution >= 4 is 18.3 Å². The third-order valence-corrected chi connectivity index (χ3v) is 4.37. The lowest BCUT2D eigenvalue weighted by Gasteiger charge is -2.18. The summed E-state index contributed by atoms with van der Waals surface area (Å²) in [5.74, 6) is 1.92. The molecule has 1 aliphatic heterocycles. The van der Waals surface area contributed by atoms with E-state index in [2.05, 4.69) is 0 Å². The zero-order valence-electron chi connectivity index (χ0n) is 11.4. The highest BCUT2D eigenvalue weighted by atomic mass is 35.5.